The summed E-state index contributed by atoms with van der Waals surface area (Å²) in [6.45, 7) is 4.48. The number of ether oxygens (including phenoxy) is 1. The second-order valence-electron chi connectivity index (χ2n) is 6.07. The van der Waals surface area contributed by atoms with Gasteiger partial charge in [0.1, 0.15) is 17.7 Å². The third-order valence-electron chi connectivity index (χ3n) is 3.64. The Bertz CT molecular complexity index is 784. The average molecular weight is 500 g/mol. The van der Waals surface area contributed by atoms with Gasteiger partial charge < -0.3 is 20.7 Å². The molecule has 0 radical (unpaired) electrons. The van der Waals surface area contributed by atoms with Gasteiger partial charge in [-0.05, 0) is 48.9 Å². The number of hydrogen-bond donors (Lipinski definition) is 3. The van der Waals surface area contributed by atoms with Gasteiger partial charge in [0.15, 0.2) is 5.96 Å². The SMILES string of the molecule is CN=C(NCc1cccc(NC(C)=O)c1)NCC(C)Oc1ccc(F)cc1.I. The molecule has 0 heterocycles. The van der Waals surface area contributed by atoms with Crippen molar-refractivity contribution >= 4 is 41.5 Å². The summed E-state index contributed by atoms with van der Waals surface area (Å²) in [4.78, 5) is 15.3. The number of benzene rings is 2. The van der Waals surface area contributed by atoms with Crippen LogP contribution in [0.1, 0.15) is 19.4 Å². The van der Waals surface area contributed by atoms with Crippen LogP contribution in [0.2, 0.25) is 0 Å². The smallest absolute Gasteiger partial charge is 0.221 e. The molecule has 2 aromatic rings. The zero-order valence-electron chi connectivity index (χ0n) is 16.2. The van der Waals surface area contributed by atoms with Gasteiger partial charge in [-0.15, -0.1) is 24.0 Å². The van der Waals surface area contributed by atoms with Gasteiger partial charge in [-0.25, -0.2) is 4.39 Å². The maximum atomic E-state index is 12.9. The summed E-state index contributed by atoms with van der Waals surface area (Å²) in [5.41, 5.74) is 1.77. The summed E-state index contributed by atoms with van der Waals surface area (Å²) in [5.74, 6) is 0.853. The molecule has 2 rings (SSSR count). The van der Waals surface area contributed by atoms with Crippen LogP contribution >= 0.6 is 24.0 Å². The molecule has 28 heavy (non-hydrogen) atoms. The highest BCUT2D eigenvalue weighted by molar-refractivity contribution is 14.0. The van der Waals surface area contributed by atoms with Crippen LogP contribution < -0.4 is 20.7 Å². The van der Waals surface area contributed by atoms with Gasteiger partial charge in [0.25, 0.3) is 0 Å². The largest absolute Gasteiger partial charge is 0.489 e. The molecule has 0 aliphatic rings. The number of nitrogens with zero attached hydrogens (tertiary/aromatic N) is 1. The summed E-state index contributed by atoms with van der Waals surface area (Å²) >= 11 is 0. The van der Waals surface area contributed by atoms with E-state index < -0.39 is 0 Å². The summed E-state index contributed by atoms with van der Waals surface area (Å²) < 4.78 is 18.7. The van der Waals surface area contributed by atoms with Crippen LogP contribution in [0.3, 0.4) is 0 Å². The minimum atomic E-state index is -0.291. The summed E-state index contributed by atoms with van der Waals surface area (Å²) in [5, 5.41) is 9.16. The Morgan fingerprint density at radius 3 is 2.54 bits per heavy atom. The van der Waals surface area contributed by atoms with E-state index in [0.717, 1.165) is 11.3 Å². The highest BCUT2D eigenvalue weighted by atomic mass is 127. The zero-order valence-corrected chi connectivity index (χ0v) is 18.5. The Balaban J connectivity index is 0.00000392. The van der Waals surface area contributed by atoms with E-state index in [-0.39, 0.29) is 41.8 Å². The molecule has 0 aliphatic heterocycles. The Kier molecular flexibility index (Phi) is 10.3. The van der Waals surface area contributed by atoms with Gasteiger partial charge in [0, 0.05) is 26.2 Å². The first-order valence-electron chi connectivity index (χ1n) is 8.69. The van der Waals surface area contributed by atoms with Gasteiger partial charge in [-0.3, -0.25) is 9.79 Å². The van der Waals surface area contributed by atoms with Crippen LogP contribution in [0.15, 0.2) is 53.5 Å². The molecular formula is C20H26FIN4O2. The van der Waals surface area contributed by atoms with Gasteiger partial charge in [0.05, 0.1) is 6.54 Å². The first-order chi connectivity index (χ1) is 13.0. The molecule has 1 unspecified atom stereocenters. The van der Waals surface area contributed by atoms with E-state index in [1.807, 2.05) is 31.2 Å². The molecule has 3 N–H and O–H groups in total. The number of aliphatic imine (C=N–C) groups is 1. The first-order valence-corrected chi connectivity index (χ1v) is 8.69. The number of guanidine groups is 1. The van der Waals surface area contributed by atoms with Crippen molar-refractivity contribution in [2.24, 2.45) is 4.99 Å². The number of carbonyl (C=O) groups excluding carboxylic acids is 1. The molecule has 0 bridgehead atoms. The van der Waals surface area contributed by atoms with E-state index in [1.165, 1.54) is 19.1 Å². The van der Waals surface area contributed by atoms with Gasteiger partial charge in [-0.1, -0.05) is 12.1 Å². The van der Waals surface area contributed by atoms with Crippen LogP contribution in [0.4, 0.5) is 10.1 Å². The van der Waals surface area contributed by atoms with Crippen molar-refractivity contribution in [3.63, 3.8) is 0 Å². The predicted octanol–water partition coefficient (Wildman–Crippen LogP) is 3.53. The zero-order chi connectivity index (χ0) is 19.6. The van der Waals surface area contributed by atoms with E-state index in [9.17, 15) is 9.18 Å². The fourth-order valence-electron chi connectivity index (χ4n) is 2.40. The first kappa shape index (κ1) is 23.7. The molecule has 1 amide bonds. The highest BCUT2D eigenvalue weighted by Crippen LogP contribution is 2.13. The summed E-state index contributed by atoms with van der Waals surface area (Å²) in [6, 6.07) is 13.5. The third-order valence-corrected chi connectivity index (χ3v) is 3.64. The Labute approximate surface area is 182 Å². The Morgan fingerprint density at radius 1 is 1.18 bits per heavy atom. The number of carbonyl (C=O) groups is 1. The van der Waals surface area contributed by atoms with Crippen molar-refractivity contribution < 1.29 is 13.9 Å². The van der Waals surface area contributed by atoms with Gasteiger partial charge in [-0.2, -0.15) is 0 Å². The predicted molar refractivity (Wildman–Crippen MR) is 121 cm³/mol. The second-order valence-corrected chi connectivity index (χ2v) is 6.07. The number of halogens is 2. The van der Waals surface area contributed by atoms with Crippen LogP contribution in [0, 0.1) is 5.82 Å². The fourth-order valence-corrected chi connectivity index (χ4v) is 2.40. The average Bonchev–Trinajstić information content (AvgIpc) is 2.63. The molecule has 0 saturated heterocycles. The van der Waals surface area contributed by atoms with Gasteiger partial charge >= 0.3 is 0 Å². The second kappa shape index (κ2) is 12.2. The molecule has 0 aromatic heterocycles. The van der Waals surface area contributed by atoms with Crippen LogP contribution in [0.25, 0.3) is 0 Å². The van der Waals surface area contributed by atoms with Crippen molar-refractivity contribution in [2.45, 2.75) is 26.5 Å². The lowest BCUT2D eigenvalue weighted by molar-refractivity contribution is -0.114. The molecule has 0 spiro atoms. The van der Waals surface area contributed by atoms with Crippen molar-refractivity contribution in [2.75, 3.05) is 18.9 Å². The molecule has 8 heteroatoms. The van der Waals surface area contributed by atoms with Crippen LogP contribution in [0.5, 0.6) is 5.75 Å². The molecule has 0 aliphatic carbocycles. The topological polar surface area (TPSA) is 74.8 Å². The van der Waals surface area contributed by atoms with Crippen LogP contribution in [-0.2, 0) is 11.3 Å². The molecule has 2 aromatic carbocycles. The molecule has 0 saturated carbocycles. The van der Waals surface area contributed by atoms with E-state index in [0.29, 0.717) is 24.8 Å². The minimum absolute atomic E-state index is 0. The van der Waals surface area contributed by atoms with Crippen molar-refractivity contribution in [3.8, 4) is 5.75 Å². The quantitative estimate of drug-likeness (QED) is 0.309. The van der Waals surface area contributed by atoms with Gasteiger partial charge in [0.2, 0.25) is 5.91 Å². The Hall–Kier alpha value is -2.36. The fraction of sp³-hybridized carbons (Fsp3) is 0.300. The number of amides is 1. The molecule has 0 fully saturated rings. The summed E-state index contributed by atoms with van der Waals surface area (Å²) in [7, 11) is 1.69. The van der Waals surface area contributed by atoms with E-state index in [4.69, 9.17) is 4.74 Å². The van der Waals surface area contributed by atoms with Crippen molar-refractivity contribution in [3.05, 3.63) is 59.9 Å². The van der Waals surface area contributed by atoms with Crippen LogP contribution in [-0.4, -0.2) is 31.6 Å². The number of anilines is 1. The molecule has 152 valence electrons. The Morgan fingerprint density at radius 2 is 1.89 bits per heavy atom. The number of rotatable bonds is 7. The van der Waals surface area contributed by atoms with Crippen molar-refractivity contribution in [1.82, 2.24) is 10.6 Å². The van der Waals surface area contributed by atoms with E-state index in [2.05, 4.69) is 20.9 Å². The lowest BCUT2D eigenvalue weighted by atomic mass is 10.2. The normalized spacial score (nSPS) is 11.8. The standard InChI is InChI=1S/C20H25FN4O2.HI/c1-14(27-19-9-7-17(21)8-10-19)12-23-20(22-3)24-13-16-5-4-6-18(11-16)25-15(2)26;/h4-11,14H,12-13H2,1-3H3,(H,25,26)(H2,22,23,24);1H. The number of nitrogens with one attached hydrogen (secondary N) is 3. The maximum Gasteiger partial charge on any atom is 0.221 e. The number of hydrogen-bond acceptors (Lipinski definition) is 3. The van der Waals surface area contributed by atoms with E-state index in [1.54, 1.807) is 19.2 Å². The monoisotopic (exact) mass is 500 g/mol. The molecule has 1 atom stereocenters. The van der Waals surface area contributed by atoms with Crippen molar-refractivity contribution in [1.29, 1.82) is 0 Å². The molecule has 6 nitrogen and oxygen atoms in total. The lowest BCUT2D eigenvalue weighted by Gasteiger charge is -2.18. The minimum Gasteiger partial charge on any atom is -0.489 e. The maximum absolute atomic E-state index is 12.9. The van der Waals surface area contributed by atoms with E-state index >= 15 is 0 Å². The third kappa shape index (κ3) is 8.55. The summed E-state index contributed by atoms with van der Waals surface area (Å²) in [6.07, 6.45) is -0.128. The lowest BCUT2D eigenvalue weighted by Crippen LogP contribution is -2.41. The highest BCUT2D eigenvalue weighted by Gasteiger charge is 2.06. The molecular weight excluding hydrogens is 474 g/mol.